The van der Waals surface area contributed by atoms with Gasteiger partial charge in [-0.2, -0.15) is 0 Å². The summed E-state index contributed by atoms with van der Waals surface area (Å²) in [7, 11) is 0. The molecular formula is C19H19ClN2O2. The monoisotopic (exact) mass is 342 g/mol. The van der Waals surface area contributed by atoms with E-state index < -0.39 is 0 Å². The van der Waals surface area contributed by atoms with Gasteiger partial charge in [-0.15, -0.1) is 0 Å². The lowest BCUT2D eigenvalue weighted by Gasteiger charge is -2.07. The summed E-state index contributed by atoms with van der Waals surface area (Å²) < 4.78 is 0. The third-order valence-corrected chi connectivity index (χ3v) is 4.38. The molecule has 124 valence electrons. The minimum absolute atomic E-state index is 0.0717. The van der Waals surface area contributed by atoms with Crippen LogP contribution in [0.5, 0.6) is 0 Å². The first-order valence-electron chi connectivity index (χ1n) is 7.92. The molecule has 0 saturated heterocycles. The summed E-state index contributed by atoms with van der Waals surface area (Å²) in [6, 6.07) is 15.2. The van der Waals surface area contributed by atoms with Gasteiger partial charge >= 0.3 is 0 Å². The second kappa shape index (κ2) is 7.05. The summed E-state index contributed by atoms with van der Waals surface area (Å²) in [5, 5.41) is 6.51. The Balaban J connectivity index is 1.55. The van der Waals surface area contributed by atoms with Crippen molar-refractivity contribution in [2.75, 3.05) is 0 Å². The first-order chi connectivity index (χ1) is 11.5. The average molecular weight is 343 g/mol. The molecule has 2 N–H and O–H groups in total. The molecule has 0 bridgehead atoms. The van der Waals surface area contributed by atoms with Gasteiger partial charge in [-0.05, 0) is 41.8 Å². The van der Waals surface area contributed by atoms with Crippen molar-refractivity contribution in [3.05, 3.63) is 70.2 Å². The maximum Gasteiger partial charge on any atom is 0.251 e. The standard InChI is InChI=1S/C19H19ClN2O2/c1-12(23)21-11-13-5-7-14(8-6-13)19(24)22-18-10-17(18)15-3-2-4-16(20)9-15/h2-9,17-18H,10-11H2,1H3,(H,21,23)(H,22,24). The number of amides is 2. The zero-order valence-corrected chi connectivity index (χ0v) is 14.1. The zero-order valence-electron chi connectivity index (χ0n) is 13.4. The number of rotatable bonds is 5. The molecule has 2 unspecified atom stereocenters. The second-order valence-corrected chi connectivity index (χ2v) is 6.52. The van der Waals surface area contributed by atoms with E-state index >= 15 is 0 Å². The van der Waals surface area contributed by atoms with Gasteiger partial charge in [0.15, 0.2) is 0 Å². The third kappa shape index (κ3) is 4.15. The Kier molecular flexibility index (Phi) is 4.86. The van der Waals surface area contributed by atoms with Crippen LogP contribution in [0.4, 0.5) is 0 Å². The predicted molar refractivity (Wildman–Crippen MR) is 94.0 cm³/mol. The van der Waals surface area contributed by atoms with Crippen molar-refractivity contribution in [1.29, 1.82) is 0 Å². The van der Waals surface area contributed by atoms with Crippen molar-refractivity contribution >= 4 is 23.4 Å². The van der Waals surface area contributed by atoms with Gasteiger partial charge < -0.3 is 10.6 Å². The molecule has 0 spiro atoms. The fourth-order valence-electron chi connectivity index (χ4n) is 2.71. The number of carbonyl (C=O) groups excluding carboxylic acids is 2. The Morgan fingerprint density at radius 3 is 2.58 bits per heavy atom. The molecule has 4 nitrogen and oxygen atoms in total. The van der Waals surface area contributed by atoms with Crippen LogP contribution in [0.2, 0.25) is 5.02 Å². The molecule has 0 aromatic heterocycles. The maximum absolute atomic E-state index is 12.3. The van der Waals surface area contributed by atoms with Gasteiger partial charge in [0.1, 0.15) is 0 Å². The number of hydrogen-bond donors (Lipinski definition) is 2. The minimum atomic E-state index is -0.0735. The van der Waals surface area contributed by atoms with Crippen LogP contribution in [0.15, 0.2) is 48.5 Å². The molecule has 0 radical (unpaired) electrons. The van der Waals surface area contributed by atoms with Crippen LogP contribution in [0.25, 0.3) is 0 Å². The van der Waals surface area contributed by atoms with E-state index in [1.807, 2.05) is 36.4 Å². The van der Waals surface area contributed by atoms with Gasteiger partial charge in [0.05, 0.1) is 0 Å². The van der Waals surface area contributed by atoms with Crippen LogP contribution in [0, 0.1) is 0 Å². The quantitative estimate of drug-likeness (QED) is 0.876. The van der Waals surface area contributed by atoms with Crippen LogP contribution in [-0.4, -0.2) is 17.9 Å². The summed E-state index contributed by atoms with van der Waals surface area (Å²) in [5.41, 5.74) is 2.75. The molecule has 1 saturated carbocycles. The van der Waals surface area contributed by atoms with E-state index in [2.05, 4.69) is 10.6 Å². The molecule has 2 amide bonds. The normalized spacial score (nSPS) is 18.8. The van der Waals surface area contributed by atoms with Crippen LogP contribution >= 0.6 is 11.6 Å². The molecule has 1 fully saturated rings. The van der Waals surface area contributed by atoms with E-state index in [-0.39, 0.29) is 17.9 Å². The van der Waals surface area contributed by atoms with Crippen molar-refractivity contribution in [3.8, 4) is 0 Å². The first-order valence-corrected chi connectivity index (χ1v) is 8.30. The summed E-state index contributed by atoms with van der Waals surface area (Å²) in [5.74, 6) is 0.194. The van der Waals surface area contributed by atoms with E-state index in [9.17, 15) is 9.59 Å². The zero-order chi connectivity index (χ0) is 17.1. The fourth-order valence-corrected chi connectivity index (χ4v) is 2.91. The lowest BCUT2D eigenvalue weighted by atomic mass is 10.1. The number of hydrogen-bond acceptors (Lipinski definition) is 2. The molecule has 24 heavy (non-hydrogen) atoms. The van der Waals surface area contributed by atoms with Gasteiger partial charge in [0, 0.05) is 36.0 Å². The topological polar surface area (TPSA) is 58.2 Å². The molecule has 2 aromatic carbocycles. The molecule has 3 rings (SSSR count). The third-order valence-electron chi connectivity index (χ3n) is 4.14. The highest BCUT2D eigenvalue weighted by Crippen LogP contribution is 2.41. The molecule has 5 heteroatoms. The second-order valence-electron chi connectivity index (χ2n) is 6.08. The number of nitrogens with one attached hydrogen (secondary N) is 2. The largest absolute Gasteiger partial charge is 0.352 e. The van der Waals surface area contributed by atoms with Crippen molar-refractivity contribution in [1.82, 2.24) is 10.6 Å². The summed E-state index contributed by atoms with van der Waals surface area (Å²) >= 11 is 6.01. The van der Waals surface area contributed by atoms with Crippen molar-refractivity contribution in [3.63, 3.8) is 0 Å². The Morgan fingerprint density at radius 1 is 1.17 bits per heavy atom. The fraction of sp³-hybridized carbons (Fsp3) is 0.263. The summed E-state index contributed by atoms with van der Waals surface area (Å²) in [6.07, 6.45) is 0.937. The van der Waals surface area contributed by atoms with Gasteiger partial charge in [-0.3, -0.25) is 9.59 Å². The predicted octanol–water partition coefficient (Wildman–Crippen LogP) is 3.26. The molecule has 2 atom stereocenters. The molecule has 1 aliphatic carbocycles. The van der Waals surface area contributed by atoms with E-state index in [0.29, 0.717) is 18.0 Å². The maximum atomic E-state index is 12.3. The van der Waals surface area contributed by atoms with Gasteiger partial charge in [-0.25, -0.2) is 0 Å². The lowest BCUT2D eigenvalue weighted by molar-refractivity contribution is -0.119. The highest BCUT2D eigenvalue weighted by Gasteiger charge is 2.39. The van der Waals surface area contributed by atoms with Crippen LogP contribution in [-0.2, 0) is 11.3 Å². The minimum Gasteiger partial charge on any atom is -0.352 e. The molecule has 0 heterocycles. The van der Waals surface area contributed by atoms with Crippen molar-refractivity contribution in [2.24, 2.45) is 0 Å². The molecule has 2 aromatic rings. The van der Waals surface area contributed by atoms with Crippen LogP contribution < -0.4 is 10.6 Å². The van der Waals surface area contributed by atoms with Crippen LogP contribution in [0.1, 0.15) is 40.7 Å². The summed E-state index contributed by atoms with van der Waals surface area (Å²) in [4.78, 5) is 23.2. The Morgan fingerprint density at radius 2 is 1.92 bits per heavy atom. The smallest absolute Gasteiger partial charge is 0.251 e. The van der Waals surface area contributed by atoms with Gasteiger partial charge in [0.2, 0.25) is 5.91 Å². The Labute approximate surface area is 146 Å². The molecule has 0 aliphatic heterocycles. The van der Waals surface area contributed by atoms with Gasteiger partial charge in [-0.1, -0.05) is 35.9 Å². The molecular weight excluding hydrogens is 324 g/mol. The average Bonchev–Trinajstić information content (AvgIpc) is 3.32. The number of halogens is 1. The lowest BCUT2D eigenvalue weighted by Crippen LogP contribution is -2.26. The van der Waals surface area contributed by atoms with E-state index in [4.69, 9.17) is 11.6 Å². The summed E-state index contributed by atoms with van der Waals surface area (Å²) in [6.45, 7) is 1.95. The van der Waals surface area contributed by atoms with E-state index in [0.717, 1.165) is 17.0 Å². The number of benzene rings is 2. The van der Waals surface area contributed by atoms with Crippen molar-refractivity contribution in [2.45, 2.75) is 31.8 Å². The van der Waals surface area contributed by atoms with Gasteiger partial charge in [0.25, 0.3) is 5.91 Å². The highest BCUT2D eigenvalue weighted by molar-refractivity contribution is 6.30. The van der Waals surface area contributed by atoms with E-state index in [1.165, 1.54) is 12.5 Å². The molecule has 1 aliphatic rings. The Bertz CT molecular complexity index is 758. The Hall–Kier alpha value is -2.33. The number of carbonyl (C=O) groups is 2. The highest BCUT2D eigenvalue weighted by atomic mass is 35.5. The van der Waals surface area contributed by atoms with Crippen molar-refractivity contribution < 1.29 is 9.59 Å². The van der Waals surface area contributed by atoms with Crippen LogP contribution in [0.3, 0.4) is 0 Å². The first kappa shape index (κ1) is 16.5. The van der Waals surface area contributed by atoms with E-state index in [1.54, 1.807) is 12.1 Å². The SMILES string of the molecule is CC(=O)NCc1ccc(C(=O)NC2CC2c2cccc(Cl)c2)cc1.